The maximum Gasteiger partial charge on any atom is 0.573 e. The molecule has 0 amide bonds. The van der Waals surface area contributed by atoms with Crippen LogP contribution < -0.4 is 21.1 Å². The van der Waals surface area contributed by atoms with Crippen LogP contribution in [0.5, 0.6) is 5.75 Å². The number of ether oxygens (including phenoxy) is 1. The van der Waals surface area contributed by atoms with E-state index in [2.05, 4.69) is 37.2 Å². The Bertz CT molecular complexity index is 1040. The van der Waals surface area contributed by atoms with Crippen LogP contribution in [-0.2, 0) is 6.54 Å². The summed E-state index contributed by atoms with van der Waals surface area (Å²) in [4.78, 5) is 20.5. The molecule has 1 atom stereocenters. The predicted octanol–water partition coefficient (Wildman–Crippen LogP) is 2.99. The number of nitrogens with zero attached hydrogens (tertiary/aromatic N) is 4. The summed E-state index contributed by atoms with van der Waals surface area (Å²) in [6.45, 7) is 4.19. The van der Waals surface area contributed by atoms with Crippen LogP contribution in [0.15, 0.2) is 41.2 Å². The van der Waals surface area contributed by atoms with Gasteiger partial charge in [-0.1, -0.05) is 18.2 Å². The average Bonchev–Trinajstić information content (AvgIpc) is 3.07. The quantitative estimate of drug-likeness (QED) is 0.357. The molecule has 210 valence electrons. The van der Waals surface area contributed by atoms with Crippen molar-refractivity contribution < 1.29 is 22.8 Å². The molecule has 10 nitrogen and oxygen atoms in total. The van der Waals surface area contributed by atoms with E-state index >= 15 is 0 Å². The number of likely N-dealkylation sites (N-methyl/N-ethyl adjacent to an activating group) is 1. The summed E-state index contributed by atoms with van der Waals surface area (Å²) in [5.41, 5.74) is 5.14. The van der Waals surface area contributed by atoms with Gasteiger partial charge in [0.05, 0.1) is 17.7 Å². The van der Waals surface area contributed by atoms with Gasteiger partial charge in [-0.2, -0.15) is 0 Å². The molecule has 0 radical (unpaired) electrons. The SMILES string of the molecule is CN1CCCN(C2CCC(CC3(N)NC(=NCc4ccccc4OC(F)(F)F)NC=C3[N+](=O)[O-])CC2)CC1. The van der Waals surface area contributed by atoms with Crippen molar-refractivity contribution in [2.45, 2.75) is 63.1 Å². The first-order chi connectivity index (χ1) is 18.0. The van der Waals surface area contributed by atoms with Crippen molar-refractivity contribution in [1.82, 2.24) is 20.4 Å². The molecule has 2 heterocycles. The highest BCUT2D eigenvalue weighted by molar-refractivity contribution is 5.83. The van der Waals surface area contributed by atoms with E-state index in [9.17, 15) is 23.3 Å². The summed E-state index contributed by atoms with van der Waals surface area (Å²) in [7, 11) is 2.15. The van der Waals surface area contributed by atoms with Crippen molar-refractivity contribution in [3.63, 3.8) is 0 Å². The smallest absolute Gasteiger partial charge is 0.405 e. The zero-order chi connectivity index (χ0) is 27.3. The number of hydrogen-bond donors (Lipinski definition) is 3. The van der Waals surface area contributed by atoms with Crippen molar-refractivity contribution in [3.8, 4) is 5.75 Å². The second kappa shape index (κ2) is 11.9. The number of aliphatic imine (C=N–C) groups is 1. The highest BCUT2D eigenvalue weighted by Gasteiger charge is 2.45. The van der Waals surface area contributed by atoms with Crippen LogP contribution in [0.1, 0.15) is 44.1 Å². The van der Waals surface area contributed by atoms with E-state index in [1.165, 1.54) is 24.4 Å². The molecule has 1 aromatic carbocycles. The average molecular weight is 540 g/mol. The first-order valence-corrected chi connectivity index (χ1v) is 13.0. The number of hydrogen-bond acceptors (Lipinski definition) is 7. The number of nitrogens with two attached hydrogens (primary N) is 1. The lowest BCUT2D eigenvalue weighted by Gasteiger charge is -2.40. The van der Waals surface area contributed by atoms with E-state index in [1.807, 2.05) is 0 Å². The van der Waals surface area contributed by atoms with Crippen LogP contribution in [0.4, 0.5) is 13.2 Å². The van der Waals surface area contributed by atoms with Gasteiger partial charge < -0.3 is 20.3 Å². The van der Waals surface area contributed by atoms with E-state index in [0.717, 1.165) is 58.3 Å². The molecule has 4 rings (SSSR count). The zero-order valence-corrected chi connectivity index (χ0v) is 21.5. The third-order valence-electron chi connectivity index (χ3n) is 7.64. The Morgan fingerprint density at radius 2 is 1.92 bits per heavy atom. The zero-order valence-electron chi connectivity index (χ0n) is 21.5. The normalized spacial score (nSPS) is 28.7. The summed E-state index contributed by atoms with van der Waals surface area (Å²) < 4.78 is 42.3. The third-order valence-corrected chi connectivity index (χ3v) is 7.64. The largest absolute Gasteiger partial charge is 0.573 e. The maximum absolute atomic E-state index is 12.7. The topological polar surface area (TPSA) is 121 Å². The minimum Gasteiger partial charge on any atom is -0.405 e. The molecule has 0 aromatic heterocycles. The summed E-state index contributed by atoms with van der Waals surface area (Å²) in [5.74, 6) is -0.00203. The van der Waals surface area contributed by atoms with Crippen molar-refractivity contribution in [2.75, 3.05) is 33.2 Å². The van der Waals surface area contributed by atoms with Gasteiger partial charge in [0, 0.05) is 24.7 Å². The number of nitro groups is 1. The number of nitrogens with one attached hydrogen (secondary N) is 2. The number of para-hydroxylation sites is 1. The number of halogens is 3. The van der Waals surface area contributed by atoms with E-state index < -0.39 is 16.9 Å². The van der Waals surface area contributed by atoms with Gasteiger partial charge in [-0.15, -0.1) is 13.2 Å². The van der Waals surface area contributed by atoms with E-state index in [1.54, 1.807) is 6.07 Å². The fourth-order valence-corrected chi connectivity index (χ4v) is 5.66. The standard InChI is InChI=1S/C25H36F3N7O3/c1-33-11-4-12-34(14-13-33)20-9-7-18(8-10-20)15-24(29)22(35(36)37)17-31-23(32-24)30-16-19-5-2-3-6-21(19)38-25(26,27)28/h2-3,5-6,17-18,20H,4,7-16,29H2,1H3,(H2,30,31,32). The monoisotopic (exact) mass is 539 g/mol. The van der Waals surface area contributed by atoms with Crippen molar-refractivity contribution in [2.24, 2.45) is 16.6 Å². The molecule has 1 saturated heterocycles. The summed E-state index contributed by atoms with van der Waals surface area (Å²) in [6, 6.07) is 6.23. The Kier molecular flexibility index (Phi) is 8.78. The van der Waals surface area contributed by atoms with Gasteiger partial charge in [0.25, 0.3) is 0 Å². The summed E-state index contributed by atoms with van der Waals surface area (Å²) in [5, 5.41) is 17.5. The number of benzene rings is 1. The van der Waals surface area contributed by atoms with Gasteiger partial charge >= 0.3 is 12.1 Å². The lowest BCUT2D eigenvalue weighted by Crippen LogP contribution is -2.64. The van der Waals surface area contributed by atoms with Crippen molar-refractivity contribution in [1.29, 1.82) is 0 Å². The first kappa shape index (κ1) is 28.1. The molecule has 1 aliphatic carbocycles. The fourth-order valence-electron chi connectivity index (χ4n) is 5.66. The Morgan fingerprint density at radius 1 is 1.18 bits per heavy atom. The number of alkyl halides is 3. The first-order valence-electron chi connectivity index (χ1n) is 13.0. The number of rotatable bonds is 7. The van der Waals surface area contributed by atoms with Gasteiger partial charge in [-0.25, -0.2) is 4.99 Å². The molecule has 3 aliphatic rings. The van der Waals surface area contributed by atoms with Gasteiger partial charge in [0.1, 0.15) is 5.75 Å². The Labute approximate surface area is 220 Å². The van der Waals surface area contributed by atoms with Crippen LogP contribution in [0.2, 0.25) is 0 Å². The molecule has 1 saturated carbocycles. The molecule has 38 heavy (non-hydrogen) atoms. The molecule has 2 fully saturated rings. The van der Waals surface area contributed by atoms with Crippen LogP contribution in [0.25, 0.3) is 0 Å². The molecule has 0 spiro atoms. The second-order valence-electron chi connectivity index (χ2n) is 10.4. The molecule has 13 heteroatoms. The van der Waals surface area contributed by atoms with Gasteiger partial charge in [-0.3, -0.25) is 20.7 Å². The third kappa shape index (κ3) is 7.35. The molecule has 4 N–H and O–H groups in total. The lowest BCUT2D eigenvalue weighted by molar-refractivity contribution is -0.437. The second-order valence-corrected chi connectivity index (χ2v) is 10.4. The Hall–Kier alpha value is -2.90. The van der Waals surface area contributed by atoms with E-state index in [-0.39, 0.29) is 35.4 Å². The fraction of sp³-hybridized carbons (Fsp3) is 0.640. The van der Waals surface area contributed by atoms with E-state index in [0.29, 0.717) is 12.5 Å². The Morgan fingerprint density at radius 3 is 2.63 bits per heavy atom. The van der Waals surface area contributed by atoms with Crippen LogP contribution in [0, 0.1) is 16.0 Å². The highest BCUT2D eigenvalue weighted by Crippen LogP contribution is 2.35. The summed E-state index contributed by atoms with van der Waals surface area (Å²) in [6.07, 6.45) is 1.79. The van der Waals surface area contributed by atoms with Crippen LogP contribution >= 0.6 is 0 Å². The van der Waals surface area contributed by atoms with Gasteiger partial charge in [0.2, 0.25) is 0 Å². The summed E-state index contributed by atoms with van der Waals surface area (Å²) >= 11 is 0. The molecule has 2 aliphatic heterocycles. The minimum atomic E-state index is -4.83. The van der Waals surface area contributed by atoms with Crippen LogP contribution in [-0.4, -0.2) is 72.0 Å². The molecule has 0 bridgehead atoms. The van der Waals surface area contributed by atoms with Crippen LogP contribution in [0.3, 0.4) is 0 Å². The minimum absolute atomic E-state index is 0.143. The lowest BCUT2D eigenvalue weighted by atomic mass is 9.79. The molecular weight excluding hydrogens is 503 g/mol. The predicted molar refractivity (Wildman–Crippen MR) is 137 cm³/mol. The van der Waals surface area contributed by atoms with Gasteiger partial charge in [-0.05, 0) is 70.6 Å². The maximum atomic E-state index is 12.7. The molecule has 1 unspecified atom stereocenters. The Balaban J connectivity index is 1.40. The number of guanidine groups is 1. The van der Waals surface area contributed by atoms with E-state index in [4.69, 9.17) is 5.73 Å². The van der Waals surface area contributed by atoms with Crippen molar-refractivity contribution in [3.05, 3.63) is 51.8 Å². The molecule has 1 aromatic rings. The molecular formula is C25H36F3N7O3. The highest BCUT2D eigenvalue weighted by atomic mass is 19.4. The van der Waals surface area contributed by atoms with Gasteiger partial charge in [0.15, 0.2) is 11.6 Å². The van der Waals surface area contributed by atoms with Crippen molar-refractivity contribution >= 4 is 5.96 Å².